The van der Waals surface area contributed by atoms with Gasteiger partial charge >= 0.3 is 0 Å². The lowest BCUT2D eigenvalue weighted by Gasteiger charge is -2.47. The molecule has 0 aromatic rings. The highest BCUT2D eigenvalue weighted by molar-refractivity contribution is 4.95. The first-order valence-corrected chi connectivity index (χ1v) is 7.12. The third kappa shape index (κ3) is 3.94. The summed E-state index contributed by atoms with van der Waals surface area (Å²) in [7, 11) is 1.78. The summed E-state index contributed by atoms with van der Waals surface area (Å²) in [6.07, 6.45) is 6.36. The molecule has 0 aromatic heterocycles. The van der Waals surface area contributed by atoms with E-state index in [-0.39, 0.29) is 5.54 Å². The Morgan fingerprint density at radius 2 is 2.24 bits per heavy atom. The summed E-state index contributed by atoms with van der Waals surface area (Å²) < 4.78 is 5.15. The number of hydrogen-bond donors (Lipinski definition) is 1. The molecule has 1 saturated carbocycles. The Morgan fingerprint density at radius 1 is 1.47 bits per heavy atom. The van der Waals surface area contributed by atoms with Crippen LogP contribution in [0.5, 0.6) is 0 Å². The molecule has 0 spiro atoms. The number of hydrogen-bond acceptors (Lipinski definition) is 3. The molecule has 2 unspecified atom stereocenters. The SMILES string of the molecule is CCN(CCCOC)C1(CN)CCCC(C)C1. The molecule has 0 heterocycles. The Labute approximate surface area is 107 Å². The smallest absolute Gasteiger partial charge is 0.0474 e. The van der Waals surface area contributed by atoms with E-state index < -0.39 is 0 Å². The van der Waals surface area contributed by atoms with Gasteiger partial charge in [-0.2, -0.15) is 0 Å². The molecule has 0 radical (unpaired) electrons. The van der Waals surface area contributed by atoms with E-state index in [0.717, 1.165) is 38.6 Å². The van der Waals surface area contributed by atoms with Gasteiger partial charge in [0.15, 0.2) is 0 Å². The third-order valence-corrected chi connectivity index (χ3v) is 4.28. The Kier molecular flexibility index (Phi) is 6.45. The molecule has 3 heteroatoms. The molecular weight excluding hydrogens is 212 g/mol. The van der Waals surface area contributed by atoms with Crippen LogP contribution in [0, 0.1) is 5.92 Å². The van der Waals surface area contributed by atoms with Gasteiger partial charge in [-0.25, -0.2) is 0 Å². The predicted octanol–water partition coefficient (Wildman–Crippen LogP) is 2.25. The Bertz CT molecular complexity index is 210. The van der Waals surface area contributed by atoms with Crippen LogP contribution >= 0.6 is 0 Å². The van der Waals surface area contributed by atoms with Gasteiger partial charge in [-0.3, -0.25) is 4.90 Å². The van der Waals surface area contributed by atoms with Crippen molar-refractivity contribution in [3.63, 3.8) is 0 Å². The van der Waals surface area contributed by atoms with Crippen LogP contribution in [0.2, 0.25) is 0 Å². The average molecular weight is 242 g/mol. The van der Waals surface area contributed by atoms with Gasteiger partial charge in [0.2, 0.25) is 0 Å². The van der Waals surface area contributed by atoms with E-state index >= 15 is 0 Å². The van der Waals surface area contributed by atoms with Crippen molar-refractivity contribution in [2.24, 2.45) is 11.7 Å². The maximum Gasteiger partial charge on any atom is 0.0474 e. The minimum atomic E-state index is 0.264. The second-order valence-corrected chi connectivity index (χ2v) is 5.56. The van der Waals surface area contributed by atoms with Crippen LogP contribution in [0.3, 0.4) is 0 Å². The first kappa shape index (κ1) is 14.9. The lowest BCUT2D eigenvalue weighted by Crippen LogP contribution is -2.56. The van der Waals surface area contributed by atoms with E-state index in [1.165, 1.54) is 25.7 Å². The van der Waals surface area contributed by atoms with Crippen LogP contribution < -0.4 is 5.73 Å². The molecule has 2 atom stereocenters. The Balaban J connectivity index is 2.60. The van der Waals surface area contributed by atoms with E-state index in [1.807, 2.05) is 0 Å². The van der Waals surface area contributed by atoms with Gasteiger partial charge in [-0.1, -0.05) is 26.7 Å². The number of likely N-dealkylation sites (N-methyl/N-ethyl adjacent to an activating group) is 1. The number of ether oxygens (including phenoxy) is 1. The molecule has 3 nitrogen and oxygen atoms in total. The fourth-order valence-corrected chi connectivity index (χ4v) is 3.36. The molecule has 0 aliphatic heterocycles. The van der Waals surface area contributed by atoms with Gasteiger partial charge in [0.05, 0.1) is 0 Å². The molecule has 1 rings (SSSR count). The number of nitrogens with two attached hydrogens (primary N) is 1. The summed E-state index contributed by atoms with van der Waals surface area (Å²) in [5.41, 5.74) is 6.37. The molecule has 1 aliphatic rings. The van der Waals surface area contributed by atoms with Gasteiger partial charge in [0, 0.05) is 32.3 Å². The van der Waals surface area contributed by atoms with Gasteiger partial charge < -0.3 is 10.5 Å². The lowest BCUT2D eigenvalue weighted by atomic mass is 9.75. The molecule has 0 saturated heterocycles. The monoisotopic (exact) mass is 242 g/mol. The summed E-state index contributed by atoms with van der Waals surface area (Å²) in [6.45, 7) is 8.50. The van der Waals surface area contributed by atoms with Crippen molar-refractivity contribution in [1.82, 2.24) is 4.90 Å². The fraction of sp³-hybridized carbons (Fsp3) is 1.00. The summed E-state index contributed by atoms with van der Waals surface area (Å²) >= 11 is 0. The molecule has 102 valence electrons. The zero-order valence-electron chi connectivity index (χ0n) is 11.9. The minimum Gasteiger partial charge on any atom is -0.385 e. The molecule has 1 aliphatic carbocycles. The van der Waals surface area contributed by atoms with Gasteiger partial charge in [-0.05, 0) is 31.7 Å². The van der Waals surface area contributed by atoms with Crippen molar-refractivity contribution in [3.8, 4) is 0 Å². The molecule has 1 fully saturated rings. The van der Waals surface area contributed by atoms with Crippen molar-refractivity contribution in [1.29, 1.82) is 0 Å². The highest BCUT2D eigenvalue weighted by Gasteiger charge is 2.37. The lowest BCUT2D eigenvalue weighted by molar-refractivity contribution is 0.0364. The van der Waals surface area contributed by atoms with Crippen molar-refractivity contribution in [2.45, 2.75) is 51.5 Å². The van der Waals surface area contributed by atoms with Crippen LogP contribution in [0.4, 0.5) is 0 Å². The van der Waals surface area contributed by atoms with E-state index in [4.69, 9.17) is 10.5 Å². The Morgan fingerprint density at radius 3 is 2.76 bits per heavy atom. The van der Waals surface area contributed by atoms with Gasteiger partial charge in [-0.15, -0.1) is 0 Å². The van der Waals surface area contributed by atoms with Crippen LogP contribution in [0.1, 0.15) is 46.0 Å². The topological polar surface area (TPSA) is 38.5 Å². The first-order chi connectivity index (χ1) is 8.18. The third-order valence-electron chi connectivity index (χ3n) is 4.28. The van der Waals surface area contributed by atoms with E-state index in [1.54, 1.807) is 7.11 Å². The maximum atomic E-state index is 6.11. The van der Waals surface area contributed by atoms with Crippen molar-refractivity contribution >= 4 is 0 Å². The van der Waals surface area contributed by atoms with E-state index in [9.17, 15) is 0 Å². The molecule has 0 bridgehead atoms. The van der Waals surface area contributed by atoms with Crippen LogP contribution in [0.25, 0.3) is 0 Å². The molecule has 0 aromatic carbocycles. The van der Waals surface area contributed by atoms with E-state index in [2.05, 4.69) is 18.7 Å². The molecule has 17 heavy (non-hydrogen) atoms. The molecular formula is C14H30N2O. The van der Waals surface area contributed by atoms with Crippen LogP contribution in [0.15, 0.2) is 0 Å². The highest BCUT2D eigenvalue weighted by Crippen LogP contribution is 2.36. The number of rotatable bonds is 7. The number of methoxy groups -OCH3 is 1. The molecule has 0 amide bonds. The largest absolute Gasteiger partial charge is 0.385 e. The standard InChI is InChI=1S/C14H30N2O/c1-4-16(9-6-10-17-3)14(12-15)8-5-7-13(2)11-14/h13H,4-12,15H2,1-3H3. The molecule has 2 N–H and O–H groups in total. The zero-order chi connectivity index (χ0) is 12.7. The zero-order valence-corrected chi connectivity index (χ0v) is 11.9. The van der Waals surface area contributed by atoms with Crippen molar-refractivity contribution < 1.29 is 4.74 Å². The second-order valence-electron chi connectivity index (χ2n) is 5.56. The highest BCUT2D eigenvalue weighted by atomic mass is 16.5. The quantitative estimate of drug-likeness (QED) is 0.696. The van der Waals surface area contributed by atoms with Crippen molar-refractivity contribution in [3.05, 3.63) is 0 Å². The summed E-state index contributed by atoms with van der Waals surface area (Å²) in [6, 6.07) is 0. The summed E-state index contributed by atoms with van der Waals surface area (Å²) in [5, 5.41) is 0. The maximum absolute atomic E-state index is 6.11. The van der Waals surface area contributed by atoms with Gasteiger partial charge in [0.1, 0.15) is 0 Å². The number of nitrogens with zero attached hydrogens (tertiary/aromatic N) is 1. The van der Waals surface area contributed by atoms with Gasteiger partial charge in [0.25, 0.3) is 0 Å². The summed E-state index contributed by atoms with van der Waals surface area (Å²) in [4.78, 5) is 2.60. The Hall–Kier alpha value is -0.120. The minimum absolute atomic E-state index is 0.264. The second kappa shape index (κ2) is 7.34. The predicted molar refractivity (Wildman–Crippen MR) is 73.2 cm³/mol. The van der Waals surface area contributed by atoms with E-state index in [0.29, 0.717) is 0 Å². The first-order valence-electron chi connectivity index (χ1n) is 7.12. The van der Waals surface area contributed by atoms with Crippen LogP contribution in [-0.4, -0.2) is 43.8 Å². The van der Waals surface area contributed by atoms with Crippen molar-refractivity contribution in [2.75, 3.05) is 33.4 Å². The average Bonchev–Trinajstić information content (AvgIpc) is 2.34. The fourth-order valence-electron chi connectivity index (χ4n) is 3.36. The summed E-state index contributed by atoms with van der Waals surface area (Å²) in [5.74, 6) is 0.823. The normalized spacial score (nSPS) is 29.8. The van der Waals surface area contributed by atoms with Crippen LogP contribution in [-0.2, 0) is 4.74 Å².